The molecule has 1 aliphatic rings. The first-order valence-corrected chi connectivity index (χ1v) is 6.75. The second-order valence-electron chi connectivity index (χ2n) is 4.72. The molecule has 0 bridgehead atoms. The maximum Gasteiger partial charge on any atom is 0.240 e. The number of likely N-dealkylation sites (tertiary alicyclic amines) is 1. The van der Waals surface area contributed by atoms with Gasteiger partial charge in [-0.25, -0.2) is 4.98 Å². The molecule has 0 radical (unpaired) electrons. The predicted octanol–water partition coefficient (Wildman–Crippen LogP) is 1.19. The second kappa shape index (κ2) is 6.52. The van der Waals surface area contributed by atoms with Crippen LogP contribution in [0.1, 0.15) is 25.3 Å². The summed E-state index contributed by atoms with van der Waals surface area (Å²) in [7, 11) is 1.59. The molecule has 5 heteroatoms. The maximum atomic E-state index is 12.3. The number of carbonyl (C=O) groups excluding carboxylic acids is 1. The number of hydrogen-bond acceptors (Lipinski definition) is 4. The first kappa shape index (κ1) is 13.8. The fourth-order valence-corrected chi connectivity index (χ4v) is 2.38. The van der Waals surface area contributed by atoms with Gasteiger partial charge in [0.15, 0.2) is 0 Å². The number of methoxy groups -OCH3 is 1. The fraction of sp³-hybridized carbons (Fsp3) is 0.571. The first-order valence-electron chi connectivity index (χ1n) is 6.75. The molecular formula is C14H21N3O2. The molecule has 2 heterocycles. The lowest BCUT2D eigenvalue weighted by atomic mass is 10.0. The highest BCUT2D eigenvalue weighted by Gasteiger charge is 2.27. The Balaban J connectivity index is 1.98. The predicted molar refractivity (Wildman–Crippen MR) is 72.9 cm³/mol. The van der Waals surface area contributed by atoms with Gasteiger partial charge in [-0.15, -0.1) is 0 Å². The summed E-state index contributed by atoms with van der Waals surface area (Å²) in [5.74, 6) is 0.795. The maximum absolute atomic E-state index is 12.3. The lowest BCUT2D eigenvalue weighted by Crippen LogP contribution is -2.50. The highest BCUT2D eigenvalue weighted by Crippen LogP contribution is 2.16. The van der Waals surface area contributed by atoms with E-state index in [0.717, 1.165) is 31.5 Å². The van der Waals surface area contributed by atoms with Crippen molar-refractivity contribution < 1.29 is 9.53 Å². The lowest BCUT2D eigenvalue weighted by Gasteiger charge is -2.32. The van der Waals surface area contributed by atoms with Crippen LogP contribution in [0.3, 0.4) is 0 Å². The van der Waals surface area contributed by atoms with Crippen LogP contribution in [0, 0.1) is 0 Å². The Kier molecular flexibility index (Phi) is 4.74. The van der Waals surface area contributed by atoms with Crippen LogP contribution < -0.4 is 10.1 Å². The molecule has 0 aromatic carbocycles. The molecule has 1 aromatic rings. The molecule has 104 valence electrons. The lowest BCUT2D eigenvalue weighted by molar-refractivity contribution is -0.136. The fourth-order valence-electron chi connectivity index (χ4n) is 2.38. The SMILES string of the molecule is CCNC1CCCN(Cc2ccc(OC)nc2)C1=O. The van der Waals surface area contributed by atoms with Crippen LogP contribution in [0.15, 0.2) is 18.3 Å². The molecule has 0 spiro atoms. The van der Waals surface area contributed by atoms with Gasteiger partial charge in [-0.1, -0.05) is 13.0 Å². The molecule has 0 aliphatic carbocycles. The van der Waals surface area contributed by atoms with E-state index in [1.54, 1.807) is 13.3 Å². The van der Waals surface area contributed by atoms with Crippen molar-refractivity contribution in [3.8, 4) is 5.88 Å². The van der Waals surface area contributed by atoms with Gasteiger partial charge in [-0.2, -0.15) is 0 Å². The zero-order chi connectivity index (χ0) is 13.7. The van der Waals surface area contributed by atoms with Crippen LogP contribution in [0.2, 0.25) is 0 Å². The van der Waals surface area contributed by atoms with Gasteiger partial charge in [-0.05, 0) is 24.9 Å². The number of hydrogen-bond donors (Lipinski definition) is 1. The summed E-state index contributed by atoms with van der Waals surface area (Å²) >= 11 is 0. The van der Waals surface area contributed by atoms with E-state index in [2.05, 4.69) is 10.3 Å². The normalized spacial score (nSPS) is 19.6. The first-order chi connectivity index (χ1) is 9.24. The van der Waals surface area contributed by atoms with Gasteiger partial charge in [-0.3, -0.25) is 4.79 Å². The summed E-state index contributed by atoms with van der Waals surface area (Å²) in [5.41, 5.74) is 1.03. The smallest absolute Gasteiger partial charge is 0.240 e. The third kappa shape index (κ3) is 3.44. The molecule has 5 nitrogen and oxygen atoms in total. The molecule has 1 unspecified atom stereocenters. The average Bonchev–Trinajstić information content (AvgIpc) is 2.44. The van der Waals surface area contributed by atoms with Crippen molar-refractivity contribution in [2.45, 2.75) is 32.4 Å². The van der Waals surface area contributed by atoms with E-state index < -0.39 is 0 Å². The number of aromatic nitrogens is 1. The molecule has 1 aromatic heterocycles. The molecule has 1 amide bonds. The Bertz CT molecular complexity index is 417. The van der Waals surface area contributed by atoms with Crippen LogP contribution in [-0.4, -0.2) is 42.0 Å². The third-order valence-electron chi connectivity index (χ3n) is 3.36. The monoisotopic (exact) mass is 263 g/mol. The summed E-state index contributed by atoms with van der Waals surface area (Å²) in [4.78, 5) is 18.3. The van der Waals surface area contributed by atoms with E-state index in [9.17, 15) is 4.79 Å². The average molecular weight is 263 g/mol. The summed E-state index contributed by atoms with van der Waals surface area (Å²) in [6.45, 7) is 4.30. The highest BCUT2D eigenvalue weighted by molar-refractivity contribution is 5.82. The van der Waals surface area contributed by atoms with Crippen LogP contribution in [0.4, 0.5) is 0 Å². The molecule has 0 saturated carbocycles. The third-order valence-corrected chi connectivity index (χ3v) is 3.36. The molecule has 1 saturated heterocycles. The molecule has 1 fully saturated rings. The second-order valence-corrected chi connectivity index (χ2v) is 4.72. The summed E-state index contributed by atoms with van der Waals surface area (Å²) in [6.07, 6.45) is 3.75. The number of amides is 1. The molecule has 19 heavy (non-hydrogen) atoms. The largest absolute Gasteiger partial charge is 0.481 e. The molecule has 1 atom stereocenters. The molecule has 1 N–H and O–H groups in total. The van der Waals surface area contributed by atoms with Crippen molar-refractivity contribution in [1.82, 2.24) is 15.2 Å². The van der Waals surface area contributed by atoms with E-state index in [1.807, 2.05) is 24.0 Å². The van der Waals surface area contributed by atoms with Gasteiger partial charge < -0.3 is 15.0 Å². The van der Waals surface area contributed by atoms with Gasteiger partial charge in [0.25, 0.3) is 0 Å². The molecule has 1 aliphatic heterocycles. The van der Waals surface area contributed by atoms with Gasteiger partial charge in [0, 0.05) is 25.4 Å². The van der Waals surface area contributed by atoms with Crippen LogP contribution in [0.25, 0.3) is 0 Å². The van der Waals surface area contributed by atoms with E-state index in [4.69, 9.17) is 4.74 Å². The number of nitrogens with zero attached hydrogens (tertiary/aromatic N) is 2. The van der Waals surface area contributed by atoms with Crippen molar-refractivity contribution in [1.29, 1.82) is 0 Å². The Morgan fingerprint density at radius 1 is 1.53 bits per heavy atom. The topological polar surface area (TPSA) is 54.5 Å². The minimum Gasteiger partial charge on any atom is -0.481 e. The summed E-state index contributed by atoms with van der Waals surface area (Å²) in [6, 6.07) is 3.76. The summed E-state index contributed by atoms with van der Waals surface area (Å²) in [5, 5.41) is 3.24. The van der Waals surface area contributed by atoms with Crippen molar-refractivity contribution in [3.05, 3.63) is 23.9 Å². The van der Waals surface area contributed by atoms with Crippen LogP contribution in [0.5, 0.6) is 5.88 Å². The quantitative estimate of drug-likeness (QED) is 0.867. The Morgan fingerprint density at radius 3 is 3.00 bits per heavy atom. The number of carbonyl (C=O) groups is 1. The number of nitrogens with one attached hydrogen (secondary N) is 1. The van der Waals surface area contributed by atoms with E-state index in [1.165, 1.54) is 0 Å². The number of pyridine rings is 1. The van der Waals surface area contributed by atoms with Crippen molar-refractivity contribution >= 4 is 5.91 Å². The Labute approximate surface area is 114 Å². The van der Waals surface area contributed by atoms with Gasteiger partial charge in [0.05, 0.1) is 13.2 Å². The zero-order valence-corrected chi connectivity index (χ0v) is 11.6. The number of piperidine rings is 1. The molecular weight excluding hydrogens is 242 g/mol. The summed E-state index contributed by atoms with van der Waals surface area (Å²) < 4.78 is 5.03. The van der Waals surface area contributed by atoms with Crippen LogP contribution >= 0.6 is 0 Å². The number of rotatable bonds is 5. The zero-order valence-electron chi connectivity index (χ0n) is 11.6. The van der Waals surface area contributed by atoms with Gasteiger partial charge >= 0.3 is 0 Å². The number of likely N-dealkylation sites (N-methyl/N-ethyl adjacent to an activating group) is 1. The van der Waals surface area contributed by atoms with Gasteiger partial charge in [0.1, 0.15) is 0 Å². The minimum absolute atomic E-state index is 0.0232. The molecule has 2 rings (SSSR count). The minimum atomic E-state index is -0.0232. The van der Waals surface area contributed by atoms with Gasteiger partial charge in [0.2, 0.25) is 11.8 Å². The standard InChI is InChI=1S/C14H21N3O2/c1-3-15-12-5-4-8-17(14(12)18)10-11-6-7-13(19-2)16-9-11/h6-7,9,12,15H,3-5,8,10H2,1-2H3. The Hall–Kier alpha value is -1.62. The van der Waals surface area contributed by atoms with Crippen molar-refractivity contribution in [2.75, 3.05) is 20.2 Å². The van der Waals surface area contributed by atoms with E-state index in [-0.39, 0.29) is 11.9 Å². The highest BCUT2D eigenvalue weighted by atomic mass is 16.5. The van der Waals surface area contributed by atoms with Crippen molar-refractivity contribution in [3.63, 3.8) is 0 Å². The number of ether oxygens (including phenoxy) is 1. The van der Waals surface area contributed by atoms with Crippen LogP contribution in [-0.2, 0) is 11.3 Å². The Morgan fingerprint density at radius 2 is 2.37 bits per heavy atom. The van der Waals surface area contributed by atoms with Crippen molar-refractivity contribution in [2.24, 2.45) is 0 Å². The van der Waals surface area contributed by atoms with E-state index in [0.29, 0.717) is 12.4 Å². The van der Waals surface area contributed by atoms with E-state index >= 15 is 0 Å².